The first-order valence-corrected chi connectivity index (χ1v) is 10.4. The molecule has 160 valence electrons. The molecule has 2 heterocycles. The second kappa shape index (κ2) is 10.0. The van der Waals surface area contributed by atoms with Crippen molar-refractivity contribution < 1.29 is 23.1 Å². The van der Waals surface area contributed by atoms with Gasteiger partial charge in [0.2, 0.25) is 5.91 Å². The lowest BCUT2D eigenvalue weighted by Crippen LogP contribution is -2.47. The van der Waals surface area contributed by atoms with Crippen LogP contribution in [0, 0.1) is 5.82 Å². The number of carbonyl (C=O) groups is 2. The number of furan rings is 1. The Labute approximate surface area is 183 Å². The fourth-order valence-corrected chi connectivity index (χ4v) is 4.19. The first-order chi connectivity index (χ1) is 14.5. The normalized spacial score (nSPS) is 17.0. The predicted octanol–water partition coefficient (Wildman–Crippen LogP) is 4.07. The Morgan fingerprint density at radius 1 is 1.47 bits per heavy atom. The summed E-state index contributed by atoms with van der Waals surface area (Å²) in [5.74, 6) is -0.686. The van der Waals surface area contributed by atoms with Crippen molar-refractivity contribution in [1.29, 1.82) is 0 Å². The van der Waals surface area contributed by atoms with Gasteiger partial charge in [-0.1, -0.05) is 22.0 Å². The third-order valence-corrected chi connectivity index (χ3v) is 5.87. The van der Waals surface area contributed by atoms with Gasteiger partial charge in [-0.25, -0.2) is 4.39 Å². The molecule has 1 aromatic carbocycles. The van der Waals surface area contributed by atoms with Crippen molar-refractivity contribution in [2.45, 2.75) is 31.5 Å². The predicted molar refractivity (Wildman–Crippen MR) is 113 cm³/mol. The zero-order valence-electron chi connectivity index (χ0n) is 16.7. The molecule has 1 aromatic heterocycles. The van der Waals surface area contributed by atoms with Gasteiger partial charge >= 0.3 is 0 Å². The number of likely N-dealkylation sites (tertiary alicyclic amines) is 1. The largest absolute Gasteiger partial charge is 0.467 e. The van der Waals surface area contributed by atoms with Crippen LogP contribution in [0.2, 0.25) is 0 Å². The first kappa shape index (κ1) is 22.2. The Bertz CT molecular complexity index is 903. The van der Waals surface area contributed by atoms with E-state index in [9.17, 15) is 14.0 Å². The fourth-order valence-electron chi connectivity index (χ4n) is 3.73. The van der Waals surface area contributed by atoms with Crippen LogP contribution in [0.3, 0.4) is 0 Å². The molecule has 0 aliphatic carbocycles. The standard InChI is InChI=1S/C22H24BrFN2O4/c1-3-16-6-4-10-25(16)22(28)21(18-12-15(24)8-9-19(18)23)26(20(27)14-29-2)13-17-7-5-11-30-17/h3,5,7-9,11-12,16,21H,1,4,6,10,13-14H2,2H3. The van der Waals surface area contributed by atoms with Crippen molar-refractivity contribution in [2.75, 3.05) is 20.3 Å². The summed E-state index contributed by atoms with van der Waals surface area (Å²) in [4.78, 5) is 29.8. The lowest BCUT2D eigenvalue weighted by molar-refractivity contribution is -0.149. The molecule has 1 fully saturated rings. The Kier molecular flexibility index (Phi) is 7.44. The number of nitrogens with zero attached hydrogens (tertiary/aromatic N) is 2. The molecular formula is C22H24BrFN2O4. The molecule has 0 saturated carbocycles. The molecule has 1 aliphatic heterocycles. The quantitative estimate of drug-likeness (QED) is 0.536. The number of hydrogen-bond acceptors (Lipinski definition) is 4. The minimum atomic E-state index is -1.05. The van der Waals surface area contributed by atoms with Crippen molar-refractivity contribution >= 4 is 27.7 Å². The summed E-state index contributed by atoms with van der Waals surface area (Å²) < 4.78 is 25.2. The summed E-state index contributed by atoms with van der Waals surface area (Å²) in [6, 6.07) is 6.35. The molecular weight excluding hydrogens is 455 g/mol. The Morgan fingerprint density at radius 2 is 2.27 bits per heavy atom. The molecule has 2 amide bonds. The number of amides is 2. The van der Waals surface area contributed by atoms with Crippen molar-refractivity contribution in [3.8, 4) is 0 Å². The number of ether oxygens (including phenoxy) is 1. The summed E-state index contributed by atoms with van der Waals surface area (Å²) >= 11 is 3.42. The van der Waals surface area contributed by atoms with Crippen molar-refractivity contribution in [1.82, 2.24) is 9.80 Å². The highest BCUT2D eigenvalue weighted by molar-refractivity contribution is 9.10. The molecule has 2 unspecified atom stereocenters. The smallest absolute Gasteiger partial charge is 0.250 e. The third-order valence-electron chi connectivity index (χ3n) is 5.15. The lowest BCUT2D eigenvalue weighted by atomic mass is 10.0. The summed E-state index contributed by atoms with van der Waals surface area (Å²) in [6.07, 6.45) is 4.87. The number of carbonyl (C=O) groups excluding carboxylic acids is 2. The van der Waals surface area contributed by atoms with E-state index < -0.39 is 17.8 Å². The molecule has 1 saturated heterocycles. The molecule has 30 heavy (non-hydrogen) atoms. The van der Waals surface area contributed by atoms with Crippen LogP contribution in [0.5, 0.6) is 0 Å². The molecule has 8 heteroatoms. The van der Waals surface area contributed by atoms with Gasteiger partial charge in [0.1, 0.15) is 24.2 Å². The molecule has 3 rings (SSSR count). The Morgan fingerprint density at radius 3 is 2.93 bits per heavy atom. The van der Waals surface area contributed by atoms with Crippen LogP contribution in [0.25, 0.3) is 0 Å². The molecule has 0 N–H and O–H groups in total. The maximum atomic E-state index is 14.2. The number of benzene rings is 1. The van der Waals surface area contributed by atoms with E-state index in [4.69, 9.17) is 9.15 Å². The van der Waals surface area contributed by atoms with E-state index in [1.807, 2.05) is 0 Å². The van der Waals surface area contributed by atoms with Gasteiger partial charge < -0.3 is 19.0 Å². The number of hydrogen-bond donors (Lipinski definition) is 0. The second-order valence-electron chi connectivity index (χ2n) is 7.08. The van der Waals surface area contributed by atoms with Crippen LogP contribution in [-0.4, -0.2) is 47.9 Å². The topological polar surface area (TPSA) is 63.0 Å². The van der Waals surface area contributed by atoms with Crippen LogP contribution in [-0.2, 0) is 20.9 Å². The molecule has 1 aliphatic rings. The highest BCUT2D eigenvalue weighted by Crippen LogP contribution is 2.34. The third kappa shape index (κ3) is 4.82. The summed E-state index contributed by atoms with van der Waals surface area (Å²) in [7, 11) is 1.41. The van der Waals surface area contributed by atoms with Gasteiger partial charge in [0.15, 0.2) is 0 Å². The van der Waals surface area contributed by atoms with Gasteiger partial charge in [0, 0.05) is 29.7 Å². The van der Waals surface area contributed by atoms with E-state index in [2.05, 4.69) is 22.5 Å². The van der Waals surface area contributed by atoms with Crippen LogP contribution in [0.4, 0.5) is 4.39 Å². The van der Waals surface area contributed by atoms with Gasteiger partial charge in [-0.05, 0) is 43.2 Å². The molecule has 6 nitrogen and oxygen atoms in total. The van der Waals surface area contributed by atoms with Gasteiger partial charge in [-0.2, -0.15) is 0 Å². The minimum absolute atomic E-state index is 0.0428. The molecule has 0 bridgehead atoms. The summed E-state index contributed by atoms with van der Waals surface area (Å²) in [6.45, 7) is 4.20. The van der Waals surface area contributed by atoms with Gasteiger partial charge in [0.25, 0.3) is 5.91 Å². The summed E-state index contributed by atoms with van der Waals surface area (Å²) in [5, 5.41) is 0. The van der Waals surface area contributed by atoms with E-state index in [-0.39, 0.29) is 25.1 Å². The van der Waals surface area contributed by atoms with E-state index >= 15 is 0 Å². The van der Waals surface area contributed by atoms with Gasteiger partial charge in [0.05, 0.1) is 12.8 Å². The highest BCUT2D eigenvalue weighted by Gasteiger charge is 2.39. The summed E-state index contributed by atoms with van der Waals surface area (Å²) in [5.41, 5.74) is 0.366. The van der Waals surface area contributed by atoms with Crippen molar-refractivity contribution in [3.05, 3.63) is 70.9 Å². The van der Waals surface area contributed by atoms with Crippen LogP contribution in [0.1, 0.15) is 30.2 Å². The maximum Gasteiger partial charge on any atom is 0.250 e. The van der Waals surface area contributed by atoms with Crippen molar-refractivity contribution in [2.24, 2.45) is 0 Å². The fraction of sp³-hybridized carbons (Fsp3) is 0.364. The zero-order valence-corrected chi connectivity index (χ0v) is 18.3. The van der Waals surface area contributed by atoms with E-state index in [1.54, 1.807) is 23.1 Å². The van der Waals surface area contributed by atoms with Crippen LogP contribution in [0.15, 0.2) is 58.1 Å². The SMILES string of the molecule is C=CC1CCCN1C(=O)C(c1cc(F)ccc1Br)N(Cc1ccco1)C(=O)COC. The zero-order chi connectivity index (χ0) is 21.7. The molecule has 0 radical (unpaired) electrons. The minimum Gasteiger partial charge on any atom is -0.467 e. The van der Waals surface area contributed by atoms with Crippen LogP contribution >= 0.6 is 15.9 Å². The number of methoxy groups -OCH3 is 1. The lowest BCUT2D eigenvalue weighted by Gasteiger charge is -2.35. The number of rotatable bonds is 8. The highest BCUT2D eigenvalue weighted by atomic mass is 79.9. The first-order valence-electron chi connectivity index (χ1n) is 9.65. The van der Waals surface area contributed by atoms with E-state index in [0.29, 0.717) is 22.3 Å². The molecule has 0 spiro atoms. The van der Waals surface area contributed by atoms with Gasteiger partial charge in [-0.15, -0.1) is 6.58 Å². The van der Waals surface area contributed by atoms with Crippen molar-refractivity contribution in [3.63, 3.8) is 0 Å². The van der Waals surface area contributed by atoms with E-state index in [1.165, 1.54) is 36.5 Å². The molecule has 2 aromatic rings. The average molecular weight is 479 g/mol. The Balaban J connectivity index is 2.09. The van der Waals surface area contributed by atoms with Crippen LogP contribution < -0.4 is 0 Å². The Hall–Kier alpha value is -2.45. The second-order valence-corrected chi connectivity index (χ2v) is 7.93. The average Bonchev–Trinajstić information content (AvgIpc) is 3.41. The van der Waals surface area contributed by atoms with Gasteiger partial charge in [-0.3, -0.25) is 9.59 Å². The molecule has 2 atom stereocenters. The maximum absolute atomic E-state index is 14.2. The van der Waals surface area contributed by atoms with E-state index in [0.717, 1.165) is 12.8 Å². The monoisotopic (exact) mass is 478 g/mol. The number of halogens is 2.